The van der Waals surface area contributed by atoms with E-state index >= 15 is 0 Å². The molecule has 1 saturated carbocycles. The van der Waals surface area contributed by atoms with Gasteiger partial charge < -0.3 is 14.2 Å². The predicted octanol–water partition coefficient (Wildman–Crippen LogP) is 7.02. The lowest BCUT2D eigenvalue weighted by molar-refractivity contribution is -0.377. The number of alkyl halides is 2. The van der Waals surface area contributed by atoms with Crippen molar-refractivity contribution in [3.63, 3.8) is 0 Å². The monoisotopic (exact) mass is 542 g/mol. The maximum Gasteiger partial charge on any atom is 0.387 e. The van der Waals surface area contributed by atoms with E-state index in [1.165, 1.54) is 17.4 Å². The van der Waals surface area contributed by atoms with Crippen molar-refractivity contribution in [1.29, 1.82) is 0 Å². The van der Waals surface area contributed by atoms with Crippen molar-refractivity contribution in [3.05, 3.63) is 73.1 Å². The van der Waals surface area contributed by atoms with Crippen molar-refractivity contribution in [2.75, 3.05) is 6.61 Å². The maximum absolute atomic E-state index is 13.0. The van der Waals surface area contributed by atoms with Gasteiger partial charge in [0, 0.05) is 16.9 Å². The zero-order chi connectivity index (χ0) is 25.1. The summed E-state index contributed by atoms with van der Waals surface area (Å²) >= 11 is 14.1. The highest BCUT2D eigenvalue weighted by molar-refractivity contribution is 7.14. The molecule has 186 valence electrons. The van der Waals surface area contributed by atoms with Gasteiger partial charge in [-0.3, -0.25) is 0 Å². The van der Waals surface area contributed by atoms with Crippen molar-refractivity contribution < 1.29 is 32.8 Å². The third-order valence-corrected chi connectivity index (χ3v) is 7.54. The zero-order valence-electron chi connectivity index (χ0n) is 19.1. The van der Waals surface area contributed by atoms with E-state index < -0.39 is 18.7 Å². The minimum absolute atomic E-state index is 0.0793. The third-order valence-electron chi connectivity index (χ3n) is 5.73. The molecule has 10 heteroatoms. The number of aromatic amines is 1. The smallest absolute Gasteiger partial charge is 0.387 e. The standard InChI is InChI=1S/C25H23Cl2F2NO4S/c1-13-7-23(35-14(13)2)24(31)33-21(9-17-18(26)10-30-11-19(17)27)16-5-6-20(34-25(28)29)22(8-16)32-12-15-3-4-15/h5-8,10-11,15,21,25H,3-4,9,12H2,1-2H3/p+1/t21-/m0/s1. The largest absolute Gasteiger partial charge is 0.489 e. The summed E-state index contributed by atoms with van der Waals surface area (Å²) in [5.74, 6) is -0.0176. The van der Waals surface area contributed by atoms with Crippen LogP contribution >= 0.6 is 34.5 Å². The van der Waals surface area contributed by atoms with Crippen LogP contribution in [0.4, 0.5) is 8.78 Å². The quantitative estimate of drug-likeness (QED) is 0.258. The molecule has 0 bridgehead atoms. The topological polar surface area (TPSA) is 58.9 Å². The van der Waals surface area contributed by atoms with Crippen molar-refractivity contribution >= 4 is 40.5 Å². The number of aryl methyl sites for hydroxylation is 2. The molecule has 0 spiro atoms. The average Bonchev–Trinajstić information content (AvgIpc) is 3.57. The number of ether oxygens (including phenoxy) is 3. The van der Waals surface area contributed by atoms with Crippen LogP contribution in [0, 0.1) is 19.8 Å². The molecule has 0 saturated heterocycles. The summed E-state index contributed by atoms with van der Waals surface area (Å²) in [6.45, 7) is 1.25. The Labute approximate surface area is 215 Å². The molecule has 1 N–H and O–H groups in total. The molecule has 35 heavy (non-hydrogen) atoms. The number of carbonyl (C=O) groups excluding carboxylic acids is 1. The Hall–Kier alpha value is -2.42. The molecule has 0 amide bonds. The van der Waals surface area contributed by atoms with E-state index in [9.17, 15) is 13.6 Å². The van der Waals surface area contributed by atoms with E-state index in [1.807, 2.05) is 13.8 Å². The van der Waals surface area contributed by atoms with Gasteiger partial charge in [-0.25, -0.2) is 9.78 Å². The van der Waals surface area contributed by atoms with Gasteiger partial charge in [-0.15, -0.1) is 11.3 Å². The predicted molar refractivity (Wildman–Crippen MR) is 130 cm³/mol. The summed E-state index contributed by atoms with van der Waals surface area (Å²) in [5, 5.41) is 0.758. The molecule has 0 aliphatic heterocycles. The van der Waals surface area contributed by atoms with Gasteiger partial charge in [0.25, 0.3) is 0 Å². The molecule has 1 aliphatic carbocycles. The third kappa shape index (κ3) is 6.63. The van der Waals surface area contributed by atoms with Crippen LogP contribution in [0.5, 0.6) is 11.5 Å². The van der Waals surface area contributed by atoms with E-state index in [0.717, 1.165) is 23.3 Å². The number of esters is 1. The normalized spacial score (nSPS) is 14.1. The lowest BCUT2D eigenvalue weighted by atomic mass is 10.0. The minimum Gasteiger partial charge on any atom is -0.489 e. The van der Waals surface area contributed by atoms with Crippen LogP contribution in [0.25, 0.3) is 0 Å². The van der Waals surface area contributed by atoms with Crippen molar-refractivity contribution in [1.82, 2.24) is 0 Å². The van der Waals surface area contributed by atoms with E-state index in [2.05, 4.69) is 9.72 Å². The molecule has 2 heterocycles. The van der Waals surface area contributed by atoms with Crippen LogP contribution in [0.2, 0.25) is 10.0 Å². The van der Waals surface area contributed by atoms with Crippen LogP contribution in [0.15, 0.2) is 36.7 Å². The van der Waals surface area contributed by atoms with Crippen LogP contribution < -0.4 is 14.5 Å². The number of hydrogen-bond donors (Lipinski definition) is 0. The lowest BCUT2D eigenvalue weighted by Gasteiger charge is -2.21. The van der Waals surface area contributed by atoms with Crippen LogP contribution in [0.1, 0.15) is 50.2 Å². The molecule has 1 aromatic carbocycles. The number of pyridine rings is 1. The Morgan fingerprint density at radius 3 is 2.46 bits per heavy atom. The first-order chi connectivity index (χ1) is 16.7. The summed E-state index contributed by atoms with van der Waals surface area (Å²) < 4.78 is 42.3. The molecule has 0 radical (unpaired) electrons. The van der Waals surface area contributed by atoms with Crippen molar-refractivity contribution in [2.45, 2.75) is 45.8 Å². The number of nitrogens with one attached hydrogen (secondary N) is 1. The summed E-state index contributed by atoms with van der Waals surface area (Å²) in [6.07, 6.45) is 4.58. The van der Waals surface area contributed by atoms with Crippen LogP contribution in [-0.4, -0.2) is 19.2 Å². The molecule has 1 aliphatic rings. The number of carbonyl (C=O) groups is 1. The Bertz CT molecular complexity index is 1180. The van der Waals surface area contributed by atoms with Gasteiger partial charge in [0.05, 0.1) is 6.61 Å². The van der Waals surface area contributed by atoms with Crippen LogP contribution in [-0.2, 0) is 11.2 Å². The molecule has 1 fully saturated rings. The van der Waals surface area contributed by atoms with Gasteiger partial charge in [-0.05, 0) is 61.9 Å². The minimum atomic E-state index is -3.00. The van der Waals surface area contributed by atoms with Crippen molar-refractivity contribution in [3.8, 4) is 11.5 Å². The number of hydrogen-bond acceptors (Lipinski definition) is 5. The number of benzene rings is 1. The fourth-order valence-electron chi connectivity index (χ4n) is 3.47. The molecule has 0 unspecified atom stereocenters. The number of aromatic nitrogens is 1. The first-order valence-corrected chi connectivity index (χ1v) is 12.6. The molecule has 4 rings (SSSR count). The van der Waals surface area contributed by atoms with E-state index in [4.69, 9.17) is 32.7 Å². The number of rotatable bonds is 10. The second-order valence-electron chi connectivity index (χ2n) is 8.42. The molecule has 1 atom stereocenters. The summed E-state index contributed by atoms with van der Waals surface area (Å²) in [6, 6.07) is 6.31. The highest BCUT2D eigenvalue weighted by Crippen LogP contribution is 2.38. The van der Waals surface area contributed by atoms with Gasteiger partial charge in [-0.1, -0.05) is 29.3 Å². The second kappa shape index (κ2) is 11.1. The molecule has 3 aromatic rings. The first kappa shape index (κ1) is 25.7. The average molecular weight is 543 g/mol. The summed E-state index contributed by atoms with van der Waals surface area (Å²) in [7, 11) is 0. The molecule has 2 aromatic heterocycles. The fraction of sp³-hybridized carbons (Fsp3) is 0.360. The summed E-state index contributed by atoms with van der Waals surface area (Å²) in [4.78, 5) is 17.4. The Balaban J connectivity index is 1.68. The van der Waals surface area contributed by atoms with Crippen LogP contribution in [0.3, 0.4) is 0 Å². The lowest BCUT2D eigenvalue weighted by Crippen LogP contribution is -2.15. The Kier molecular flexibility index (Phi) is 8.14. The van der Waals surface area contributed by atoms with Crippen molar-refractivity contribution in [2.24, 2.45) is 5.92 Å². The Morgan fingerprint density at radius 2 is 1.86 bits per heavy atom. The van der Waals surface area contributed by atoms with E-state index in [0.29, 0.717) is 38.6 Å². The van der Waals surface area contributed by atoms with Gasteiger partial charge in [0.1, 0.15) is 21.0 Å². The molecule has 5 nitrogen and oxygen atoms in total. The number of thiophene rings is 1. The fourth-order valence-corrected chi connectivity index (χ4v) is 4.92. The van der Waals surface area contributed by atoms with Gasteiger partial charge in [0.15, 0.2) is 23.9 Å². The Morgan fingerprint density at radius 1 is 1.14 bits per heavy atom. The van der Waals surface area contributed by atoms with Gasteiger partial charge >= 0.3 is 12.6 Å². The van der Waals surface area contributed by atoms with E-state index in [-0.39, 0.29) is 17.9 Å². The van der Waals surface area contributed by atoms with E-state index in [1.54, 1.807) is 30.6 Å². The van der Waals surface area contributed by atoms with Gasteiger partial charge in [-0.2, -0.15) is 8.78 Å². The second-order valence-corrected chi connectivity index (χ2v) is 10.5. The highest BCUT2D eigenvalue weighted by Gasteiger charge is 2.27. The first-order valence-electron chi connectivity index (χ1n) is 11.0. The number of halogens is 4. The SMILES string of the molecule is Cc1cc(C(=O)O[C@@H](Cc2c(Cl)c[nH+]cc2Cl)c2ccc(OC(F)F)c(OCC3CC3)c2)sc1C. The highest BCUT2D eigenvalue weighted by atomic mass is 35.5. The maximum atomic E-state index is 13.0. The summed E-state index contributed by atoms with van der Waals surface area (Å²) in [5.41, 5.74) is 2.11. The zero-order valence-corrected chi connectivity index (χ0v) is 21.4. The molecular weight excluding hydrogens is 519 g/mol. The van der Waals surface area contributed by atoms with Gasteiger partial charge in [0.2, 0.25) is 0 Å². The number of H-pyrrole nitrogens is 1. The molecular formula is C25H24Cl2F2NO4S+.